The zero-order chi connectivity index (χ0) is 27.1. The van der Waals surface area contributed by atoms with E-state index in [0.29, 0.717) is 10.6 Å². The molecule has 0 aliphatic rings. The normalized spacial score (nSPS) is 11.2. The summed E-state index contributed by atoms with van der Waals surface area (Å²) in [6, 6.07) is 16.3. The highest BCUT2D eigenvalue weighted by Gasteiger charge is 2.29. The standard InChI is InChI=1S/C26H21ClN4O6/c1-15(26(36)37)30-31(24(34)19-6-2-4-16(10-19)13-28)25(35)21-9-8-18(12-22(21)27)23(33)29-14-17-5-3-7-20(32)11-17/h2-12,15,30,32H,14H2,1H3,(H,29,33)(H,36,37)/t15-/m0/s1. The van der Waals surface area contributed by atoms with Crippen LogP contribution in [0.2, 0.25) is 5.02 Å². The van der Waals surface area contributed by atoms with Gasteiger partial charge in [0.2, 0.25) is 0 Å². The first kappa shape index (κ1) is 26.9. The number of hydrogen-bond donors (Lipinski definition) is 4. The van der Waals surface area contributed by atoms with Crippen LogP contribution < -0.4 is 10.7 Å². The molecule has 188 valence electrons. The molecule has 4 N–H and O–H groups in total. The van der Waals surface area contributed by atoms with Crippen LogP contribution in [0, 0.1) is 11.3 Å². The van der Waals surface area contributed by atoms with Gasteiger partial charge >= 0.3 is 5.97 Å². The van der Waals surface area contributed by atoms with Gasteiger partial charge in [-0.3, -0.25) is 19.2 Å². The molecule has 0 saturated carbocycles. The number of rotatable bonds is 8. The third-order valence-corrected chi connectivity index (χ3v) is 5.48. The molecule has 0 aliphatic carbocycles. The molecule has 0 bridgehead atoms. The number of nitrogens with zero attached hydrogens (tertiary/aromatic N) is 2. The summed E-state index contributed by atoms with van der Waals surface area (Å²) in [6.45, 7) is 1.37. The fraction of sp³-hybridized carbons (Fsp3) is 0.115. The van der Waals surface area contributed by atoms with E-state index < -0.39 is 29.7 Å². The molecule has 0 radical (unpaired) electrons. The van der Waals surface area contributed by atoms with Crippen LogP contribution in [0.1, 0.15) is 49.1 Å². The SMILES string of the molecule is C[C@H](NN(C(=O)c1cccc(C#N)c1)C(=O)c1ccc(C(=O)NCc2cccc(O)c2)cc1Cl)C(=O)O. The van der Waals surface area contributed by atoms with Crippen molar-refractivity contribution in [3.05, 3.63) is 99.6 Å². The molecule has 0 aliphatic heterocycles. The Hall–Kier alpha value is -4.72. The summed E-state index contributed by atoms with van der Waals surface area (Å²) in [5.41, 5.74) is 3.12. The summed E-state index contributed by atoms with van der Waals surface area (Å²) in [5.74, 6) is -3.62. The number of imide groups is 1. The van der Waals surface area contributed by atoms with Crippen LogP contribution in [0.5, 0.6) is 5.75 Å². The number of hydrogen-bond acceptors (Lipinski definition) is 7. The number of carboxylic acid groups (broad SMARTS) is 1. The van der Waals surface area contributed by atoms with Gasteiger partial charge in [0.1, 0.15) is 11.8 Å². The zero-order valence-corrected chi connectivity index (χ0v) is 20.2. The molecular formula is C26H21ClN4O6. The van der Waals surface area contributed by atoms with E-state index in [1.54, 1.807) is 12.1 Å². The first-order valence-corrected chi connectivity index (χ1v) is 11.2. The van der Waals surface area contributed by atoms with Gasteiger partial charge < -0.3 is 15.5 Å². The number of amides is 3. The summed E-state index contributed by atoms with van der Waals surface area (Å²) < 4.78 is 0. The molecule has 3 aromatic rings. The molecule has 0 fully saturated rings. The minimum atomic E-state index is -1.33. The van der Waals surface area contributed by atoms with E-state index in [4.69, 9.17) is 16.9 Å². The lowest BCUT2D eigenvalue weighted by Crippen LogP contribution is -2.53. The number of hydrazine groups is 1. The minimum absolute atomic E-state index is 0.0310. The molecule has 0 unspecified atom stereocenters. The van der Waals surface area contributed by atoms with Gasteiger partial charge in [0.25, 0.3) is 17.7 Å². The molecule has 3 aromatic carbocycles. The highest BCUT2D eigenvalue weighted by molar-refractivity contribution is 6.34. The van der Waals surface area contributed by atoms with Crippen molar-refractivity contribution in [1.29, 1.82) is 5.26 Å². The van der Waals surface area contributed by atoms with Gasteiger partial charge in [-0.2, -0.15) is 5.26 Å². The number of halogens is 1. The number of aromatic hydroxyl groups is 1. The van der Waals surface area contributed by atoms with Crippen molar-refractivity contribution in [2.24, 2.45) is 0 Å². The van der Waals surface area contributed by atoms with E-state index in [1.165, 1.54) is 61.5 Å². The fourth-order valence-corrected chi connectivity index (χ4v) is 3.47. The maximum absolute atomic E-state index is 13.3. The smallest absolute Gasteiger partial charge is 0.322 e. The van der Waals surface area contributed by atoms with Crippen LogP contribution in [0.4, 0.5) is 0 Å². The molecule has 1 atom stereocenters. The van der Waals surface area contributed by atoms with Crippen molar-refractivity contribution in [1.82, 2.24) is 15.8 Å². The highest BCUT2D eigenvalue weighted by Crippen LogP contribution is 2.21. The fourth-order valence-electron chi connectivity index (χ4n) is 3.21. The Balaban J connectivity index is 1.85. The molecule has 10 nitrogen and oxygen atoms in total. The van der Waals surface area contributed by atoms with Crippen molar-refractivity contribution in [2.75, 3.05) is 0 Å². The van der Waals surface area contributed by atoms with E-state index in [1.807, 2.05) is 6.07 Å². The number of carboxylic acids is 1. The predicted molar refractivity (Wildman–Crippen MR) is 133 cm³/mol. The van der Waals surface area contributed by atoms with E-state index in [9.17, 15) is 29.4 Å². The summed E-state index contributed by atoms with van der Waals surface area (Å²) in [7, 11) is 0. The third-order valence-electron chi connectivity index (χ3n) is 5.16. The number of carbonyl (C=O) groups excluding carboxylic acids is 3. The summed E-state index contributed by atoms with van der Waals surface area (Å²) in [4.78, 5) is 50.4. The lowest BCUT2D eigenvalue weighted by molar-refractivity contribution is -0.139. The van der Waals surface area contributed by atoms with Gasteiger partial charge in [-0.25, -0.2) is 10.4 Å². The maximum atomic E-state index is 13.3. The number of phenolic OH excluding ortho intramolecular Hbond substituents is 1. The van der Waals surface area contributed by atoms with E-state index in [0.717, 1.165) is 0 Å². The van der Waals surface area contributed by atoms with E-state index >= 15 is 0 Å². The predicted octanol–water partition coefficient (Wildman–Crippen LogP) is 3.11. The Morgan fingerprint density at radius 2 is 1.73 bits per heavy atom. The van der Waals surface area contributed by atoms with Gasteiger partial charge in [0.05, 0.1) is 22.2 Å². The number of aliphatic carboxylic acids is 1. The summed E-state index contributed by atoms with van der Waals surface area (Å²) >= 11 is 6.29. The van der Waals surface area contributed by atoms with Crippen LogP contribution in [-0.4, -0.2) is 45.0 Å². The van der Waals surface area contributed by atoms with Gasteiger partial charge in [-0.15, -0.1) is 0 Å². The maximum Gasteiger partial charge on any atom is 0.322 e. The lowest BCUT2D eigenvalue weighted by Gasteiger charge is -2.24. The Labute approximate surface area is 216 Å². The minimum Gasteiger partial charge on any atom is -0.508 e. The first-order chi connectivity index (χ1) is 17.6. The first-order valence-electron chi connectivity index (χ1n) is 10.8. The number of carbonyl (C=O) groups is 4. The quantitative estimate of drug-likeness (QED) is 0.260. The van der Waals surface area contributed by atoms with Crippen LogP contribution in [-0.2, 0) is 11.3 Å². The lowest BCUT2D eigenvalue weighted by atomic mass is 10.1. The van der Waals surface area contributed by atoms with Crippen LogP contribution in [0.3, 0.4) is 0 Å². The number of nitrogens with one attached hydrogen (secondary N) is 2. The molecular weight excluding hydrogens is 500 g/mol. The largest absolute Gasteiger partial charge is 0.508 e. The van der Waals surface area contributed by atoms with Crippen molar-refractivity contribution in [3.63, 3.8) is 0 Å². The summed E-state index contributed by atoms with van der Waals surface area (Å²) in [5, 5.41) is 31.0. The molecule has 37 heavy (non-hydrogen) atoms. The van der Waals surface area contributed by atoms with Gasteiger partial charge in [-0.1, -0.05) is 29.8 Å². The van der Waals surface area contributed by atoms with Gasteiger partial charge in [0, 0.05) is 17.7 Å². The molecule has 0 spiro atoms. The monoisotopic (exact) mass is 520 g/mol. The van der Waals surface area contributed by atoms with Crippen LogP contribution in [0.25, 0.3) is 0 Å². The molecule has 3 rings (SSSR count). The zero-order valence-electron chi connectivity index (χ0n) is 19.4. The van der Waals surface area contributed by atoms with Crippen molar-refractivity contribution >= 4 is 35.3 Å². The van der Waals surface area contributed by atoms with E-state index in [2.05, 4.69) is 10.7 Å². The van der Waals surface area contributed by atoms with Crippen molar-refractivity contribution in [3.8, 4) is 11.8 Å². The number of phenols is 1. The average Bonchev–Trinajstić information content (AvgIpc) is 2.89. The molecule has 0 saturated heterocycles. The molecule has 11 heteroatoms. The number of nitriles is 1. The van der Waals surface area contributed by atoms with Crippen LogP contribution >= 0.6 is 11.6 Å². The Kier molecular flexibility index (Phi) is 8.58. The second-order valence-electron chi connectivity index (χ2n) is 7.87. The highest BCUT2D eigenvalue weighted by atomic mass is 35.5. The second kappa shape index (κ2) is 11.8. The Morgan fingerprint density at radius 1 is 1.00 bits per heavy atom. The average molecular weight is 521 g/mol. The summed E-state index contributed by atoms with van der Waals surface area (Å²) in [6.07, 6.45) is 0. The van der Waals surface area contributed by atoms with Gasteiger partial charge in [0.15, 0.2) is 0 Å². The topological polar surface area (TPSA) is 160 Å². The second-order valence-corrected chi connectivity index (χ2v) is 8.28. The van der Waals surface area contributed by atoms with Crippen LogP contribution in [0.15, 0.2) is 66.7 Å². The molecule has 0 heterocycles. The van der Waals surface area contributed by atoms with Gasteiger partial charge in [-0.05, 0) is 61.0 Å². The van der Waals surface area contributed by atoms with Crippen molar-refractivity contribution < 1.29 is 29.4 Å². The third kappa shape index (κ3) is 6.70. The van der Waals surface area contributed by atoms with E-state index in [-0.39, 0.29) is 39.6 Å². The number of benzene rings is 3. The molecule has 0 aromatic heterocycles. The Bertz CT molecular complexity index is 1420. The molecule has 3 amide bonds. The Morgan fingerprint density at radius 3 is 2.38 bits per heavy atom. The van der Waals surface area contributed by atoms with Crippen molar-refractivity contribution in [2.45, 2.75) is 19.5 Å².